The third-order valence-electron chi connectivity index (χ3n) is 6.74. The molecule has 0 radical (unpaired) electrons. The third kappa shape index (κ3) is 4.51. The largest absolute Gasteiger partial charge is 0.357 e. The molecule has 30 heavy (non-hydrogen) atoms. The molecule has 0 atom stereocenters. The maximum Gasteiger partial charge on any atom is 0.254 e. The van der Waals surface area contributed by atoms with Gasteiger partial charge in [0.1, 0.15) is 5.60 Å². The molecule has 6 nitrogen and oxygen atoms in total. The van der Waals surface area contributed by atoms with Gasteiger partial charge in [-0.1, -0.05) is 12.1 Å². The summed E-state index contributed by atoms with van der Waals surface area (Å²) in [5.41, 5.74) is 1.36. The molecule has 1 aromatic carbocycles. The zero-order valence-corrected chi connectivity index (χ0v) is 19.2. The van der Waals surface area contributed by atoms with Gasteiger partial charge >= 0.3 is 0 Å². The number of carbonyl (C=O) groups is 2. The third-order valence-corrected chi connectivity index (χ3v) is 6.74. The molecule has 3 fully saturated rings. The summed E-state index contributed by atoms with van der Waals surface area (Å²) in [5.74, 6) is 0.252. The number of morpholine rings is 1. The van der Waals surface area contributed by atoms with Crippen molar-refractivity contribution in [2.45, 2.75) is 50.2 Å². The Bertz CT molecular complexity index is 768. The molecule has 2 aliphatic heterocycles. The Hall–Kier alpha value is -1.63. The van der Waals surface area contributed by atoms with Crippen molar-refractivity contribution >= 4 is 24.2 Å². The fourth-order valence-electron chi connectivity index (χ4n) is 4.69. The number of hydrogen-bond donors (Lipinski definition) is 0. The van der Waals surface area contributed by atoms with E-state index in [0.29, 0.717) is 0 Å². The number of piperidine rings is 1. The van der Waals surface area contributed by atoms with Crippen molar-refractivity contribution in [2.75, 3.05) is 46.8 Å². The zero-order chi connectivity index (χ0) is 20.6. The minimum absolute atomic E-state index is 0. The minimum atomic E-state index is -0.484. The lowest BCUT2D eigenvalue weighted by Crippen LogP contribution is -2.62. The van der Waals surface area contributed by atoms with Crippen molar-refractivity contribution in [1.82, 2.24) is 14.7 Å². The van der Waals surface area contributed by atoms with Gasteiger partial charge in [-0.3, -0.25) is 9.59 Å². The van der Waals surface area contributed by atoms with E-state index in [4.69, 9.17) is 4.74 Å². The van der Waals surface area contributed by atoms with E-state index in [1.54, 1.807) is 19.0 Å². The summed E-state index contributed by atoms with van der Waals surface area (Å²) in [7, 11) is 3.55. The summed E-state index contributed by atoms with van der Waals surface area (Å²) < 4.78 is 6.47. The first-order valence-corrected chi connectivity index (χ1v) is 10.9. The van der Waals surface area contributed by atoms with Gasteiger partial charge in [0.2, 0.25) is 0 Å². The standard InChI is InChI=1S/C23H33N3O3.ClH/c1-4-26-17-22(29-23(10-11-23)21(26)28)12-15-25(16-13-22)14-9-18-5-7-19(8-6-18)20(27)24(2)3;/h5-8H,4,9-17H2,1-3H3;1H. The van der Waals surface area contributed by atoms with Crippen LogP contribution in [-0.4, -0.2) is 84.5 Å². The van der Waals surface area contributed by atoms with Crippen LogP contribution >= 0.6 is 12.4 Å². The van der Waals surface area contributed by atoms with Crippen LogP contribution in [0.2, 0.25) is 0 Å². The summed E-state index contributed by atoms with van der Waals surface area (Å²) in [6, 6.07) is 7.97. The highest BCUT2D eigenvalue weighted by Gasteiger charge is 2.61. The number of rotatable bonds is 5. The molecule has 0 unspecified atom stereocenters. The minimum Gasteiger partial charge on any atom is -0.357 e. The zero-order valence-electron chi connectivity index (χ0n) is 18.4. The average molecular weight is 436 g/mol. The normalized spacial score (nSPS) is 22.1. The maximum atomic E-state index is 12.6. The second-order valence-corrected chi connectivity index (χ2v) is 9.09. The molecule has 0 aromatic heterocycles. The fourth-order valence-corrected chi connectivity index (χ4v) is 4.69. The molecule has 0 bridgehead atoms. The van der Waals surface area contributed by atoms with E-state index in [1.165, 1.54) is 5.56 Å². The molecule has 2 heterocycles. The number of likely N-dealkylation sites (N-methyl/N-ethyl adjacent to an activating group) is 1. The van der Waals surface area contributed by atoms with Gasteiger partial charge in [-0.25, -0.2) is 0 Å². The SMILES string of the molecule is CCN1CC2(CCN(CCc3ccc(C(=O)N(C)C)cc3)CC2)OC2(CC2)C1=O.Cl. The number of carbonyl (C=O) groups excluding carboxylic acids is 2. The number of amides is 2. The number of hydrogen-bond acceptors (Lipinski definition) is 4. The summed E-state index contributed by atoms with van der Waals surface area (Å²) in [6.07, 6.45) is 4.75. The Kier molecular flexibility index (Phi) is 6.80. The highest BCUT2D eigenvalue weighted by molar-refractivity contribution is 5.93. The molecule has 4 rings (SSSR count). The van der Waals surface area contributed by atoms with Gasteiger partial charge in [-0.05, 0) is 56.7 Å². The monoisotopic (exact) mass is 435 g/mol. The average Bonchev–Trinajstić information content (AvgIpc) is 3.50. The van der Waals surface area contributed by atoms with Crippen LogP contribution in [0.4, 0.5) is 0 Å². The lowest BCUT2D eigenvalue weighted by Gasteiger charge is -2.50. The number of nitrogens with zero attached hydrogens (tertiary/aromatic N) is 3. The second-order valence-electron chi connectivity index (χ2n) is 9.09. The molecule has 7 heteroatoms. The smallest absolute Gasteiger partial charge is 0.254 e. The molecule has 3 aliphatic rings. The second kappa shape index (κ2) is 8.85. The van der Waals surface area contributed by atoms with E-state index in [-0.39, 0.29) is 29.8 Å². The molecule has 2 saturated heterocycles. The van der Waals surface area contributed by atoms with E-state index >= 15 is 0 Å². The van der Waals surface area contributed by atoms with E-state index < -0.39 is 5.60 Å². The number of halogens is 1. The fraction of sp³-hybridized carbons (Fsp3) is 0.652. The molecule has 2 amide bonds. The van der Waals surface area contributed by atoms with Crippen LogP contribution in [0.15, 0.2) is 24.3 Å². The quantitative estimate of drug-likeness (QED) is 0.713. The summed E-state index contributed by atoms with van der Waals surface area (Å²) in [5, 5.41) is 0. The highest BCUT2D eigenvalue weighted by Crippen LogP contribution is 2.49. The Morgan fingerprint density at radius 2 is 1.73 bits per heavy atom. The lowest BCUT2D eigenvalue weighted by atomic mass is 9.87. The van der Waals surface area contributed by atoms with E-state index in [2.05, 4.69) is 24.0 Å². The van der Waals surface area contributed by atoms with Crippen molar-refractivity contribution < 1.29 is 14.3 Å². The van der Waals surface area contributed by atoms with Crippen LogP contribution in [0.1, 0.15) is 48.5 Å². The van der Waals surface area contributed by atoms with Crippen molar-refractivity contribution in [3.8, 4) is 0 Å². The first kappa shape index (κ1) is 23.0. The predicted octanol–water partition coefficient (Wildman–Crippen LogP) is 2.60. The Labute approximate surface area is 185 Å². The van der Waals surface area contributed by atoms with Crippen LogP contribution < -0.4 is 0 Å². The Morgan fingerprint density at radius 1 is 1.10 bits per heavy atom. The summed E-state index contributed by atoms with van der Waals surface area (Å²) in [4.78, 5) is 30.7. The van der Waals surface area contributed by atoms with Crippen molar-refractivity contribution in [3.05, 3.63) is 35.4 Å². The summed E-state index contributed by atoms with van der Waals surface area (Å²) in [6.45, 7) is 6.64. The number of ether oxygens (including phenoxy) is 1. The molecule has 1 aliphatic carbocycles. The maximum absolute atomic E-state index is 12.6. The van der Waals surface area contributed by atoms with Gasteiger partial charge in [0.25, 0.3) is 11.8 Å². The van der Waals surface area contributed by atoms with Crippen LogP contribution in [0, 0.1) is 0 Å². The Morgan fingerprint density at radius 3 is 2.27 bits per heavy atom. The van der Waals surface area contributed by atoms with E-state index in [1.807, 2.05) is 17.0 Å². The van der Waals surface area contributed by atoms with E-state index in [9.17, 15) is 9.59 Å². The molecule has 166 valence electrons. The molecule has 1 saturated carbocycles. The predicted molar refractivity (Wildman–Crippen MR) is 119 cm³/mol. The number of likely N-dealkylation sites (tertiary alicyclic amines) is 1. The summed E-state index contributed by atoms with van der Waals surface area (Å²) >= 11 is 0. The first-order chi connectivity index (χ1) is 13.9. The van der Waals surface area contributed by atoms with Gasteiger partial charge in [-0.2, -0.15) is 0 Å². The van der Waals surface area contributed by atoms with Crippen LogP contribution in [0.5, 0.6) is 0 Å². The van der Waals surface area contributed by atoms with Gasteiger partial charge in [-0.15, -0.1) is 12.4 Å². The van der Waals surface area contributed by atoms with Crippen molar-refractivity contribution in [1.29, 1.82) is 0 Å². The van der Waals surface area contributed by atoms with Crippen molar-refractivity contribution in [2.24, 2.45) is 0 Å². The van der Waals surface area contributed by atoms with Crippen molar-refractivity contribution in [3.63, 3.8) is 0 Å². The van der Waals surface area contributed by atoms with E-state index in [0.717, 1.165) is 70.4 Å². The molecular weight excluding hydrogens is 402 g/mol. The van der Waals surface area contributed by atoms with Crippen LogP contribution in [0.3, 0.4) is 0 Å². The van der Waals surface area contributed by atoms with Crippen LogP contribution in [0.25, 0.3) is 0 Å². The van der Waals surface area contributed by atoms with Gasteiger partial charge in [0.15, 0.2) is 0 Å². The van der Waals surface area contributed by atoms with Gasteiger partial charge in [0.05, 0.1) is 5.60 Å². The first-order valence-electron chi connectivity index (χ1n) is 10.9. The van der Waals surface area contributed by atoms with Gasteiger partial charge < -0.3 is 19.4 Å². The van der Waals surface area contributed by atoms with Gasteiger partial charge in [0, 0.05) is 52.4 Å². The highest BCUT2D eigenvalue weighted by atomic mass is 35.5. The number of benzene rings is 1. The topological polar surface area (TPSA) is 53.1 Å². The lowest BCUT2D eigenvalue weighted by molar-refractivity contribution is -0.200. The van der Waals surface area contributed by atoms with Crippen LogP contribution in [-0.2, 0) is 16.0 Å². The molecule has 0 N–H and O–H groups in total. The Balaban J connectivity index is 0.00000256. The molecule has 2 spiro atoms. The molecule has 1 aromatic rings. The molecular formula is C23H34ClN3O3.